The van der Waals surface area contributed by atoms with Crippen molar-refractivity contribution in [3.8, 4) is 0 Å². The number of piperazine rings is 1. The van der Waals surface area contributed by atoms with Gasteiger partial charge in [-0.3, -0.25) is 4.79 Å². The van der Waals surface area contributed by atoms with Gasteiger partial charge in [0.15, 0.2) is 11.6 Å². The largest absolute Gasteiger partial charge is 0.355 e. The van der Waals surface area contributed by atoms with Gasteiger partial charge in [0, 0.05) is 63.4 Å². The van der Waals surface area contributed by atoms with E-state index in [9.17, 15) is 4.79 Å². The van der Waals surface area contributed by atoms with Gasteiger partial charge in [-0.2, -0.15) is 0 Å². The average molecular weight is 405 g/mol. The van der Waals surface area contributed by atoms with E-state index in [-0.39, 0.29) is 5.91 Å². The van der Waals surface area contributed by atoms with Crippen LogP contribution >= 0.6 is 0 Å². The summed E-state index contributed by atoms with van der Waals surface area (Å²) in [4.78, 5) is 19.4. The summed E-state index contributed by atoms with van der Waals surface area (Å²) in [6, 6.07) is 12.4. The molecule has 0 aliphatic carbocycles. The summed E-state index contributed by atoms with van der Waals surface area (Å²) in [5.74, 6) is 2.07. The minimum Gasteiger partial charge on any atom is -0.355 e. The third-order valence-electron chi connectivity index (χ3n) is 6.34. The predicted octanol–water partition coefficient (Wildman–Crippen LogP) is 2.46. The number of nitrogens with zero attached hydrogens (tertiary/aromatic N) is 6. The Hall–Kier alpha value is -3.09. The number of rotatable bonds is 4. The van der Waals surface area contributed by atoms with Gasteiger partial charge in [-0.1, -0.05) is 18.2 Å². The van der Waals surface area contributed by atoms with Crippen molar-refractivity contribution < 1.29 is 4.79 Å². The lowest BCUT2D eigenvalue weighted by Gasteiger charge is -2.35. The van der Waals surface area contributed by atoms with Gasteiger partial charge in [-0.15, -0.1) is 10.2 Å². The Morgan fingerprint density at radius 3 is 2.17 bits per heavy atom. The summed E-state index contributed by atoms with van der Waals surface area (Å²) in [6.07, 6.45) is 5.00. The number of carbonyl (C=O) groups excluding carboxylic acids is 1. The van der Waals surface area contributed by atoms with Crippen LogP contribution < -0.4 is 9.80 Å². The highest BCUT2D eigenvalue weighted by atomic mass is 16.2. The normalized spacial score (nSPS) is 17.2. The summed E-state index contributed by atoms with van der Waals surface area (Å²) in [5.41, 5.74) is 2.27. The maximum atomic E-state index is 12.9. The molecule has 2 aliphatic rings. The minimum absolute atomic E-state index is 0.196. The van der Waals surface area contributed by atoms with Gasteiger partial charge < -0.3 is 19.3 Å². The summed E-state index contributed by atoms with van der Waals surface area (Å²) in [7, 11) is 2.03. The van der Waals surface area contributed by atoms with E-state index in [4.69, 9.17) is 0 Å². The molecule has 0 unspecified atom stereocenters. The molecule has 4 heterocycles. The van der Waals surface area contributed by atoms with Crippen molar-refractivity contribution in [1.82, 2.24) is 19.7 Å². The molecule has 2 aromatic heterocycles. The van der Waals surface area contributed by atoms with Crippen LogP contribution in [0.4, 0.5) is 11.6 Å². The Kier molecular flexibility index (Phi) is 5.02. The molecular formula is C23H28N6O. The molecule has 3 aromatic rings. The number of amides is 1. The van der Waals surface area contributed by atoms with Crippen molar-refractivity contribution in [2.45, 2.75) is 19.3 Å². The minimum atomic E-state index is 0.196. The maximum Gasteiger partial charge on any atom is 0.227 e. The fraction of sp³-hybridized carbons (Fsp3) is 0.435. The van der Waals surface area contributed by atoms with Crippen molar-refractivity contribution >= 4 is 28.4 Å². The Bertz CT molecular complexity index is 1030. The Labute approximate surface area is 176 Å². The second-order valence-corrected chi connectivity index (χ2v) is 8.27. The zero-order valence-corrected chi connectivity index (χ0v) is 17.5. The molecule has 1 aromatic carbocycles. The van der Waals surface area contributed by atoms with Gasteiger partial charge in [-0.25, -0.2) is 0 Å². The topological polar surface area (TPSA) is 57.5 Å². The van der Waals surface area contributed by atoms with Crippen molar-refractivity contribution in [3.63, 3.8) is 0 Å². The smallest absolute Gasteiger partial charge is 0.227 e. The molecule has 2 aliphatic heterocycles. The molecule has 2 fully saturated rings. The molecule has 0 radical (unpaired) electrons. The van der Waals surface area contributed by atoms with Crippen molar-refractivity contribution in [1.29, 1.82) is 0 Å². The van der Waals surface area contributed by atoms with Crippen LogP contribution in [0.15, 0.2) is 42.6 Å². The molecular weight excluding hydrogens is 376 g/mol. The molecule has 156 valence electrons. The van der Waals surface area contributed by atoms with Gasteiger partial charge in [-0.05, 0) is 36.6 Å². The number of anilines is 2. The first kappa shape index (κ1) is 18.9. The van der Waals surface area contributed by atoms with E-state index < -0.39 is 0 Å². The van der Waals surface area contributed by atoms with Crippen LogP contribution in [0.3, 0.4) is 0 Å². The lowest BCUT2D eigenvalue weighted by molar-refractivity contribution is -0.130. The highest BCUT2D eigenvalue weighted by Crippen LogP contribution is 2.22. The SMILES string of the molecule is Cn1cc(CC(=O)N2CCN(c3ccc(N4CCCC4)nn3)CC2)c2ccccc21. The number of fused-ring (bicyclic) bond motifs is 1. The van der Waals surface area contributed by atoms with Gasteiger partial charge >= 0.3 is 0 Å². The molecule has 7 nitrogen and oxygen atoms in total. The monoisotopic (exact) mass is 404 g/mol. The molecule has 30 heavy (non-hydrogen) atoms. The molecule has 0 saturated carbocycles. The van der Waals surface area contributed by atoms with E-state index >= 15 is 0 Å². The number of aryl methyl sites for hydroxylation is 1. The quantitative estimate of drug-likeness (QED) is 0.669. The van der Waals surface area contributed by atoms with Gasteiger partial charge in [0.05, 0.1) is 6.42 Å². The van der Waals surface area contributed by atoms with Crippen molar-refractivity contribution in [2.24, 2.45) is 7.05 Å². The molecule has 0 N–H and O–H groups in total. The fourth-order valence-electron chi connectivity index (χ4n) is 4.63. The summed E-state index contributed by atoms with van der Waals surface area (Å²) >= 11 is 0. The van der Waals surface area contributed by atoms with Crippen LogP contribution in [-0.2, 0) is 18.3 Å². The number of benzene rings is 1. The number of para-hydroxylation sites is 1. The zero-order chi connectivity index (χ0) is 20.5. The number of hydrogen-bond donors (Lipinski definition) is 0. The maximum absolute atomic E-state index is 12.9. The van der Waals surface area contributed by atoms with Crippen LogP contribution in [0.1, 0.15) is 18.4 Å². The van der Waals surface area contributed by atoms with E-state index in [0.29, 0.717) is 6.42 Å². The average Bonchev–Trinajstić information content (AvgIpc) is 3.43. The lowest BCUT2D eigenvalue weighted by atomic mass is 10.1. The molecule has 0 bridgehead atoms. The standard InChI is InChI=1S/C23H28N6O/c1-26-17-18(19-6-2-3-7-20(19)26)16-23(30)29-14-12-28(13-15-29)22-9-8-21(24-25-22)27-10-4-5-11-27/h2-3,6-9,17H,4-5,10-16H2,1H3. The molecule has 1 amide bonds. The molecule has 2 saturated heterocycles. The Balaban J connectivity index is 1.19. The molecule has 0 spiro atoms. The van der Waals surface area contributed by atoms with E-state index in [1.54, 1.807) is 0 Å². The van der Waals surface area contributed by atoms with E-state index in [0.717, 1.165) is 56.5 Å². The van der Waals surface area contributed by atoms with Crippen LogP contribution in [0.2, 0.25) is 0 Å². The third-order valence-corrected chi connectivity index (χ3v) is 6.34. The summed E-state index contributed by atoms with van der Waals surface area (Å²) < 4.78 is 2.10. The first-order valence-corrected chi connectivity index (χ1v) is 10.8. The second kappa shape index (κ2) is 7.97. The van der Waals surface area contributed by atoms with E-state index in [1.165, 1.54) is 23.7 Å². The number of carbonyl (C=O) groups is 1. The van der Waals surface area contributed by atoms with Crippen LogP contribution in [0.25, 0.3) is 10.9 Å². The molecule has 5 rings (SSSR count). The van der Waals surface area contributed by atoms with Gasteiger partial charge in [0.1, 0.15) is 0 Å². The number of hydrogen-bond acceptors (Lipinski definition) is 5. The van der Waals surface area contributed by atoms with Crippen LogP contribution in [0, 0.1) is 0 Å². The van der Waals surface area contributed by atoms with E-state index in [1.807, 2.05) is 24.1 Å². The highest BCUT2D eigenvalue weighted by Gasteiger charge is 2.23. The lowest BCUT2D eigenvalue weighted by Crippen LogP contribution is -2.49. The van der Waals surface area contributed by atoms with Gasteiger partial charge in [0.2, 0.25) is 5.91 Å². The first-order chi connectivity index (χ1) is 14.7. The molecule has 7 heteroatoms. The highest BCUT2D eigenvalue weighted by molar-refractivity contribution is 5.89. The fourth-order valence-corrected chi connectivity index (χ4v) is 4.63. The summed E-state index contributed by atoms with van der Waals surface area (Å²) in [5, 5.41) is 10.0. The first-order valence-electron chi connectivity index (χ1n) is 10.8. The Morgan fingerprint density at radius 2 is 1.50 bits per heavy atom. The van der Waals surface area contributed by atoms with Crippen molar-refractivity contribution in [3.05, 3.63) is 48.2 Å². The third kappa shape index (κ3) is 3.60. The summed E-state index contributed by atoms with van der Waals surface area (Å²) in [6.45, 7) is 5.17. The van der Waals surface area contributed by atoms with Gasteiger partial charge in [0.25, 0.3) is 0 Å². The van der Waals surface area contributed by atoms with Crippen LogP contribution in [-0.4, -0.2) is 64.8 Å². The van der Waals surface area contributed by atoms with E-state index in [2.05, 4.69) is 55.0 Å². The second-order valence-electron chi connectivity index (χ2n) is 8.27. The van der Waals surface area contributed by atoms with Crippen LogP contribution in [0.5, 0.6) is 0 Å². The Morgan fingerprint density at radius 1 is 0.867 bits per heavy atom. The predicted molar refractivity (Wildman–Crippen MR) is 119 cm³/mol. The zero-order valence-electron chi connectivity index (χ0n) is 17.5. The molecule has 0 atom stereocenters. The number of aromatic nitrogens is 3. The van der Waals surface area contributed by atoms with Crippen molar-refractivity contribution in [2.75, 3.05) is 49.1 Å².